The largest absolute Gasteiger partial charge is 0.243 e. The summed E-state index contributed by atoms with van der Waals surface area (Å²) in [6, 6.07) is 1.47. The van der Waals surface area contributed by atoms with Crippen LogP contribution in [-0.4, -0.2) is 19.9 Å². The molecule has 2 atom stereocenters. The van der Waals surface area contributed by atoms with Gasteiger partial charge < -0.3 is 0 Å². The zero-order valence-corrected chi connectivity index (χ0v) is 15.1. The minimum Gasteiger partial charge on any atom is -0.242 e. The second-order valence-corrected chi connectivity index (χ2v) is 8.78. The molecule has 1 aliphatic rings. The van der Waals surface area contributed by atoms with Crippen LogP contribution in [0, 0.1) is 11.8 Å². The van der Waals surface area contributed by atoms with E-state index in [1.165, 1.54) is 37.9 Å². The Kier molecular flexibility index (Phi) is 6.05. The number of pyridine rings is 1. The number of rotatable bonds is 5. The molecular formula is C14H20BrClN2O2S. The molecule has 2 rings (SSSR count). The normalized spacial score (nSPS) is 23.2. The highest BCUT2D eigenvalue weighted by atomic mass is 79.9. The van der Waals surface area contributed by atoms with Gasteiger partial charge in [0.15, 0.2) is 0 Å². The van der Waals surface area contributed by atoms with Gasteiger partial charge in [-0.25, -0.2) is 18.1 Å². The second-order valence-electron chi connectivity index (χ2n) is 5.77. The van der Waals surface area contributed by atoms with Gasteiger partial charge in [-0.1, -0.05) is 37.8 Å². The first kappa shape index (κ1) is 17.2. The SMILES string of the molecule is CC1CCCC(CCNS(=O)(=O)c2cc(Br)cnc2Cl)C1. The molecule has 21 heavy (non-hydrogen) atoms. The van der Waals surface area contributed by atoms with E-state index in [2.05, 4.69) is 32.6 Å². The van der Waals surface area contributed by atoms with E-state index in [9.17, 15) is 8.42 Å². The van der Waals surface area contributed by atoms with Crippen molar-refractivity contribution in [3.8, 4) is 0 Å². The van der Waals surface area contributed by atoms with Gasteiger partial charge in [0.1, 0.15) is 10.0 Å². The highest BCUT2D eigenvalue weighted by molar-refractivity contribution is 9.10. The van der Waals surface area contributed by atoms with E-state index in [0.29, 0.717) is 16.9 Å². The Labute approximate surface area is 139 Å². The highest BCUT2D eigenvalue weighted by Crippen LogP contribution is 2.30. The van der Waals surface area contributed by atoms with Crippen LogP contribution in [0.4, 0.5) is 0 Å². The van der Waals surface area contributed by atoms with Crippen LogP contribution in [0.1, 0.15) is 39.0 Å². The molecule has 4 nitrogen and oxygen atoms in total. The predicted octanol–water partition coefficient (Wildman–Crippen LogP) is 3.99. The lowest BCUT2D eigenvalue weighted by molar-refractivity contribution is 0.271. The third-order valence-corrected chi connectivity index (χ3v) is 6.27. The summed E-state index contributed by atoms with van der Waals surface area (Å²) >= 11 is 9.09. The third kappa shape index (κ3) is 4.91. The molecule has 1 saturated carbocycles. The van der Waals surface area contributed by atoms with E-state index in [1.807, 2.05) is 0 Å². The first-order valence-electron chi connectivity index (χ1n) is 7.19. The molecule has 1 N–H and O–H groups in total. The van der Waals surface area contributed by atoms with Crippen molar-refractivity contribution in [2.24, 2.45) is 11.8 Å². The molecule has 0 aliphatic heterocycles. The first-order chi connectivity index (χ1) is 9.88. The molecule has 1 heterocycles. The van der Waals surface area contributed by atoms with Gasteiger partial charge in [0.2, 0.25) is 10.0 Å². The molecule has 1 aromatic heterocycles. The zero-order valence-electron chi connectivity index (χ0n) is 12.0. The summed E-state index contributed by atoms with van der Waals surface area (Å²) in [4.78, 5) is 3.88. The molecule has 1 aliphatic carbocycles. The summed E-state index contributed by atoms with van der Waals surface area (Å²) in [6.07, 6.45) is 7.29. The lowest BCUT2D eigenvalue weighted by Gasteiger charge is -2.26. The summed E-state index contributed by atoms with van der Waals surface area (Å²) in [5.41, 5.74) is 0. The van der Waals surface area contributed by atoms with E-state index in [-0.39, 0.29) is 10.0 Å². The van der Waals surface area contributed by atoms with Crippen LogP contribution in [0.5, 0.6) is 0 Å². The Hall–Kier alpha value is -0.170. The Morgan fingerprint density at radius 3 is 2.95 bits per heavy atom. The fourth-order valence-electron chi connectivity index (χ4n) is 2.89. The van der Waals surface area contributed by atoms with Crippen LogP contribution >= 0.6 is 27.5 Å². The van der Waals surface area contributed by atoms with Crippen molar-refractivity contribution in [1.82, 2.24) is 9.71 Å². The quantitative estimate of drug-likeness (QED) is 0.767. The summed E-state index contributed by atoms with van der Waals surface area (Å²) in [5, 5.41) is -0.00279. The molecule has 0 bridgehead atoms. The van der Waals surface area contributed by atoms with Crippen LogP contribution in [0.15, 0.2) is 21.6 Å². The number of nitrogens with zero attached hydrogens (tertiary/aromatic N) is 1. The minimum atomic E-state index is -3.60. The minimum absolute atomic E-state index is 0.00279. The van der Waals surface area contributed by atoms with Crippen molar-refractivity contribution in [2.75, 3.05) is 6.54 Å². The van der Waals surface area contributed by atoms with Crippen LogP contribution in [-0.2, 0) is 10.0 Å². The molecular weight excluding hydrogens is 376 g/mol. The van der Waals surface area contributed by atoms with Gasteiger partial charge in [0, 0.05) is 17.2 Å². The summed E-state index contributed by atoms with van der Waals surface area (Å²) in [7, 11) is -3.60. The summed E-state index contributed by atoms with van der Waals surface area (Å²) < 4.78 is 27.7. The number of hydrogen-bond donors (Lipinski definition) is 1. The van der Waals surface area contributed by atoms with E-state index >= 15 is 0 Å². The molecule has 2 unspecified atom stereocenters. The van der Waals surface area contributed by atoms with Gasteiger partial charge >= 0.3 is 0 Å². The number of aromatic nitrogens is 1. The molecule has 7 heteroatoms. The Morgan fingerprint density at radius 2 is 2.24 bits per heavy atom. The van der Waals surface area contributed by atoms with Gasteiger partial charge in [-0.05, 0) is 46.7 Å². The highest BCUT2D eigenvalue weighted by Gasteiger charge is 2.22. The zero-order chi connectivity index (χ0) is 15.5. The molecule has 0 spiro atoms. The van der Waals surface area contributed by atoms with Gasteiger partial charge in [-0.15, -0.1) is 0 Å². The first-order valence-corrected chi connectivity index (χ1v) is 9.84. The average Bonchev–Trinajstić information content (AvgIpc) is 2.41. The molecule has 0 aromatic carbocycles. The maximum atomic E-state index is 12.3. The molecule has 118 valence electrons. The topological polar surface area (TPSA) is 59.1 Å². The van der Waals surface area contributed by atoms with E-state index in [4.69, 9.17) is 11.6 Å². The lowest BCUT2D eigenvalue weighted by Crippen LogP contribution is -2.27. The maximum absolute atomic E-state index is 12.3. The number of nitrogens with one attached hydrogen (secondary N) is 1. The second kappa shape index (κ2) is 7.40. The molecule has 0 radical (unpaired) electrons. The molecule has 0 amide bonds. The van der Waals surface area contributed by atoms with Crippen LogP contribution in [0.25, 0.3) is 0 Å². The van der Waals surface area contributed by atoms with Crippen molar-refractivity contribution in [3.05, 3.63) is 21.9 Å². The van der Waals surface area contributed by atoms with Crippen molar-refractivity contribution in [1.29, 1.82) is 0 Å². The maximum Gasteiger partial charge on any atom is 0.243 e. The Balaban J connectivity index is 1.93. The standard InChI is InChI=1S/C14H20BrClN2O2S/c1-10-3-2-4-11(7-10)5-6-18-21(19,20)13-8-12(15)9-17-14(13)16/h8-11,18H,2-7H2,1H3. The summed E-state index contributed by atoms with van der Waals surface area (Å²) in [6.45, 7) is 2.71. The predicted molar refractivity (Wildman–Crippen MR) is 87.9 cm³/mol. The van der Waals surface area contributed by atoms with Crippen LogP contribution < -0.4 is 4.72 Å². The van der Waals surface area contributed by atoms with E-state index in [1.54, 1.807) is 0 Å². The smallest absolute Gasteiger partial charge is 0.242 e. The Morgan fingerprint density at radius 1 is 1.48 bits per heavy atom. The molecule has 0 saturated heterocycles. The van der Waals surface area contributed by atoms with Crippen molar-refractivity contribution >= 4 is 37.6 Å². The third-order valence-electron chi connectivity index (χ3n) is 3.95. The number of hydrogen-bond acceptors (Lipinski definition) is 3. The van der Waals surface area contributed by atoms with Crippen LogP contribution in [0.2, 0.25) is 5.15 Å². The van der Waals surface area contributed by atoms with Gasteiger partial charge in [-0.2, -0.15) is 0 Å². The van der Waals surface area contributed by atoms with Crippen molar-refractivity contribution in [2.45, 2.75) is 43.9 Å². The molecule has 1 aromatic rings. The fraction of sp³-hybridized carbons (Fsp3) is 0.643. The van der Waals surface area contributed by atoms with Crippen molar-refractivity contribution in [3.63, 3.8) is 0 Å². The van der Waals surface area contributed by atoms with E-state index in [0.717, 1.165) is 12.3 Å². The monoisotopic (exact) mass is 394 g/mol. The van der Waals surface area contributed by atoms with Crippen LogP contribution in [0.3, 0.4) is 0 Å². The van der Waals surface area contributed by atoms with Gasteiger partial charge in [-0.3, -0.25) is 0 Å². The number of sulfonamides is 1. The van der Waals surface area contributed by atoms with E-state index < -0.39 is 10.0 Å². The summed E-state index contributed by atoms with van der Waals surface area (Å²) in [5.74, 6) is 1.37. The lowest BCUT2D eigenvalue weighted by atomic mass is 9.81. The fourth-order valence-corrected chi connectivity index (χ4v) is 4.88. The Bertz CT molecular complexity index is 595. The number of halogens is 2. The average molecular weight is 396 g/mol. The van der Waals surface area contributed by atoms with Crippen molar-refractivity contribution < 1.29 is 8.42 Å². The van der Waals surface area contributed by atoms with Gasteiger partial charge in [0.05, 0.1) is 0 Å². The van der Waals surface area contributed by atoms with Gasteiger partial charge in [0.25, 0.3) is 0 Å². The molecule has 1 fully saturated rings.